The van der Waals surface area contributed by atoms with Crippen LogP contribution in [0.3, 0.4) is 0 Å². The number of hydrogen-bond donors (Lipinski definition) is 2. The summed E-state index contributed by atoms with van der Waals surface area (Å²) in [4.78, 5) is 12.5. The molecule has 2 N–H and O–H groups in total. The lowest BCUT2D eigenvalue weighted by Crippen LogP contribution is -2.05. The van der Waals surface area contributed by atoms with E-state index in [1.807, 2.05) is 19.3 Å². The van der Waals surface area contributed by atoms with Crippen LogP contribution in [0.2, 0.25) is 0 Å². The second kappa shape index (κ2) is 5.25. The highest BCUT2D eigenvalue weighted by Gasteiger charge is 2.00. The fraction of sp³-hybridized carbons (Fsp3) is 0.250. The zero-order chi connectivity index (χ0) is 12.1. The third kappa shape index (κ3) is 2.90. The highest BCUT2D eigenvalue weighted by atomic mass is 15.1. The van der Waals surface area contributed by atoms with Gasteiger partial charge in [-0.2, -0.15) is 0 Å². The average Bonchev–Trinajstić information content (AvgIpc) is 2.38. The van der Waals surface area contributed by atoms with E-state index in [-0.39, 0.29) is 0 Å². The van der Waals surface area contributed by atoms with Gasteiger partial charge in [0.1, 0.15) is 11.6 Å². The normalized spacial score (nSPS) is 10.0. The van der Waals surface area contributed by atoms with Gasteiger partial charge in [0.25, 0.3) is 0 Å². The van der Waals surface area contributed by atoms with Gasteiger partial charge in [0.2, 0.25) is 0 Å². The van der Waals surface area contributed by atoms with E-state index >= 15 is 0 Å². The number of aryl methyl sites for hydroxylation is 1. The fourth-order valence-corrected chi connectivity index (χ4v) is 1.44. The molecule has 0 radical (unpaired) electrons. The van der Waals surface area contributed by atoms with Crippen molar-refractivity contribution in [3.05, 3.63) is 42.0 Å². The number of hydrogen-bond acceptors (Lipinski definition) is 5. The fourth-order valence-electron chi connectivity index (χ4n) is 1.44. The van der Waals surface area contributed by atoms with Crippen LogP contribution in [-0.4, -0.2) is 22.0 Å². The predicted octanol–water partition coefficient (Wildman–Crippen LogP) is 1.83. The van der Waals surface area contributed by atoms with Crippen molar-refractivity contribution in [3.63, 3.8) is 0 Å². The van der Waals surface area contributed by atoms with Gasteiger partial charge in [0, 0.05) is 26.0 Å². The monoisotopic (exact) mass is 229 g/mol. The van der Waals surface area contributed by atoms with Crippen LogP contribution in [-0.2, 0) is 6.54 Å². The van der Waals surface area contributed by atoms with Crippen LogP contribution < -0.4 is 10.6 Å². The van der Waals surface area contributed by atoms with Gasteiger partial charge in [-0.05, 0) is 24.1 Å². The molecule has 17 heavy (non-hydrogen) atoms. The molecule has 0 aromatic carbocycles. The Morgan fingerprint density at radius 3 is 2.71 bits per heavy atom. The number of nitrogens with one attached hydrogen (secondary N) is 2. The summed E-state index contributed by atoms with van der Waals surface area (Å²) in [5, 5.41) is 6.17. The Labute approximate surface area is 100 Å². The topological polar surface area (TPSA) is 62.7 Å². The quantitative estimate of drug-likeness (QED) is 0.837. The van der Waals surface area contributed by atoms with Crippen LogP contribution in [0.5, 0.6) is 0 Å². The van der Waals surface area contributed by atoms with Crippen molar-refractivity contribution in [1.82, 2.24) is 15.0 Å². The Morgan fingerprint density at radius 2 is 1.94 bits per heavy atom. The summed E-state index contributed by atoms with van der Waals surface area (Å²) >= 11 is 0. The summed E-state index contributed by atoms with van der Waals surface area (Å²) in [5.74, 6) is 1.50. The second-order valence-electron chi connectivity index (χ2n) is 3.70. The van der Waals surface area contributed by atoms with Crippen molar-refractivity contribution in [2.75, 3.05) is 17.7 Å². The van der Waals surface area contributed by atoms with E-state index in [0.717, 1.165) is 17.2 Å². The van der Waals surface area contributed by atoms with Crippen LogP contribution in [0.15, 0.2) is 30.9 Å². The first-order chi connectivity index (χ1) is 8.29. The van der Waals surface area contributed by atoms with Crippen molar-refractivity contribution in [2.45, 2.75) is 13.5 Å². The van der Waals surface area contributed by atoms with Crippen molar-refractivity contribution in [2.24, 2.45) is 0 Å². The molecular weight excluding hydrogens is 214 g/mol. The number of nitrogens with zero attached hydrogens (tertiary/aromatic N) is 3. The van der Waals surface area contributed by atoms with E-state index in [4.69, 9.17) is 0 Å². The van der Waals surface area contributed by atoms with E-state index in [9.17, 15) is 0 Å². The Kier molecular flexibility index (Phi) is 3.49. The van der Waals surface area contributed by atoms with E-state index in [1.54, 1.807) is 18.6 Å². The molecule has 2 aromatic heterocycles. The summed E-state index contributed by atoms with van der Waals surface area (Å²) in [5.41, 5.74) is 2.37. The Morgan fingerprint density at radius 1 is 1.12 bits per heavy atom. The molecule has 5 heteroatoms. The van der Waals surface area contributed by atoms with Gasteiger partial charge >= 0.3 is 0 Å². The minimum absolute atomic E-state index is 0.696. The molecular formula is C12H15N5. The summed E-state index contributed by atoms with van der Waals surface area (Å²) < 4.78 is 0. The number of aromatic nitrogens is 3. The molecule has 88 valence electrons. The maximum Gasteiger partial charge on any atom is 0.147 e. The van der Waals surface area contributed by atoms with Gasteiger partial charge in [-0.3, -0.25) is 9.97 Å². The SMILES string of the molecule is CNc1cncc(NCc2cnccc2C)n1. The van der Waals surface area contributed by atoms with E-state index < -0.39 is 0 Å². The first-order valence-corrected chi connectivity index (χ1v) is 5.43. The third-order valence-corrected chi connectivity index (χ3v) is 2.50. The van der Waals surface area contributed by atoms with Crippen molar-refractivity contribution in [1.29, 1.82) is 0 Å². The molecule has 2 rings (SSSR count). The molecule has 0 unspecified atom stereocenters. The third-order valence-electron chi connectivity index (χ3n) is 2.50. The van der Waals surface area contributed by atoms with Crippen molar-refractivity contribution >= 4 is 11.6 Å². The van der Waals surface area contributed by atoms with Gasteiger partial charge in [0.05, 0.1) is 12.4 Å². The van der Waals surface area contributed by atoms with Gasteiger partial charge in [0.15, 0.2) is 0 Å². The van der Waals surface area contributed by atoms with Crippen molar-refractivity contribution < 1.29 is 0 Å². The molecule has 2 heterocycles. The predicted molar refractivity (Wildman–Crippen MR) is 67.9 cm³/mol. The van der Waals surface area contributed by atoms with Gasteiger partial charge in [-0.1, -0.05) is 0 Å². The maximum absolute atomic E-state index is 4.33. The molecule has 0 aliphatic carbocycles. The zero-order valence-corrected chi connectivity index (χ0v) is 9.94. The van der Waals surface area contributed by atoms with Crippen LogP contribution >= 0.6 is 0 Å². The van der Waals surface area contributed by atoms with Gasteiger partial charge < -0.3 is 10.6 Å². The largest absolute Gasteiger partial charge is 0.372 e. The number of anilines is 2. The summed E-state index contributed by atoms with van der Waals surface area (Å²) in [7, 11) is 1.82. The lowest BCUT2D eigenvalue weighted by atomic mass is 10.2. The van der Waals surface area contributed by atoms with E-state index in [2.05, 4.69) is 32.5 Å². The molecule has 0 spiro atoms. The zero-order valence-electron chi connectivity index (χ0n) is 9.94. The summed E-state index contributed by atoms with van der Waals surface area (Å²) in [6, 6.07) is 1.99. The molecule has 0 fully saturated rings. The Hall–Kier alpha value is -2.17. The molecule has 2 aromatic rings. The molecule has 0 saturated carbocycles. The van der Waals surface area contributed by atoms with Crippen LogP contribution in [0, 0.1) is 6.92 Å². The molecule has 0 aliphatic heterocycles. The highest BCUT2D eigenvalue weighted by Crippen LogP contribution is 2.10. The molecule has 0 amide bonds. The first kappa shape index (κ1) is 11.3. The lowest BCUT2D eigenvalue weighted by Gasteiger charge is -2.08. The molecule has 5 nitrogen and oxygen atoms in total. The van der Waals surface area contributed by atoms with Crippen LogP contribution in [0.1, 0.15) is 11.1 Å². The smallest absolute Gasteiger partial charge is 0.147 e. The standard InChI is InChI=1S/C12H15N5/c1-9-3-4-14-5-10(9)6-16-12-8-15-7-11(13-2)17-12/h3-5,7-8H,6H2,1-2H3,(H2,13,16,17). The minimum Gasteiger partial charge on any atom is -0.372 e. The van der Waals surface area contributed by atoms with Gasteiger partial charge in [-0.25, -0.2) is 4.98 Å². The average molecular weight is 229 g/mol. The summed E-state index contributed by atoms with van der Waals surface area (Å²) in [6.45, 7) is 2.76. The van der Waals surface area contributed by atoms with Crippen LogP contribution in [0.4, 0.5) is 11.6 Å². The number of pyridine rings is 1. The van der Waals surface area contributed by atoms with E-state index in [0.29, 0.717) is 6.54 Å². The second-order valence-corrected chi connectivity index (χ2v) is 3.70. The minimum atomic E-state index is 0.696. The van der Waals surface area contributed by atoms with Gasteiger partial charge in [-0.15, -0.1) is 0 Å². The lowest BCUT2D eigenvalue weighted by molar-refractivity contribution is 1.05. The first-order valence-electron chi connectivity index (χ1n) is 5.43. The maximum atomic E-state index is 4.33. The summed E-state index contributed by atoms with van der Waals surface area (Å²) in [6.07, 6.45) is 7.03. The molecule has 0 atom stereocenters. The highest BCUT2D eigenvalue weighted by molar-refractivity contribution is 5.41. The molecule has 0 saturated heterocycles. The number of rotatable bonds is 4. The molecule has 0 bridgehead atoms. The Balaban J connectivity index is 2.05. The van der Waals surface area contributed by atoms with E-state index in [1.165, 1.54) is 5.56 Å². The van der Waals surface area contributed by atoms with Crippen LogP contribution in [0.25, 0.3) is 0 Å². The molecule has 0 aliphatic rings. The van der Waals surface area contributed by atoms with Crippen molar-refractivity contribution in [3.8, 4) is 0 Å². The Bertz CT molecular complexity index is 498.